The number of hydrogen-bond acceptors (Lipinski definition) is 4. The number of aryl methyl sites for hydroxylation is 2. The standard InChI is InChI=1S/C8H12N2OS/c1-6-5-12-8(10-6)3-2-7(11)4-9/h5H,2-4,9H2,1H3. The molecule has 0 saturated carbocycles. The van der Waals surface area contributed by atoms with Gasteiger partial charge in [-0.25, -0.2) is 4.98 Å². The largest absolute Gasteiger partial charge is 0.324 e. The Morgan fingerprint density at radius 1 is 1.75 bits per heavy atom. The van der Waals surface area contributed by atoms with Crippen molar-refractivity contribution in [2.75, 3.05) is 6.54 Å². The van der Waals surface area contributed by atoms with Crippen LogP contribution in [-0.4, -0.2) is 17.3 Å². The molecule has 0 saturated heterocycles. The van der Waals surface area contributed by atoms with Gasteiger partial charge in [0.05, 0.1) is 11.6 Å². The van der Waals surface area contributed by atoms with Crippen molar-refractivity contribution >= 4 is 17.1 Å². The van der Waals surface area contributed by atoms with Crippen molar-refractivity contribution in [1.29, 1.82) is 0 Å². The molecule has 0 bridgehead atoms. The van der Waals surface area contributed by atoms with Crippen LogP contribution in [0.2, 0.25) is 0 Å². The first kappa shape index (κ1) is 9.35. The Hall–Kier alpha value is -0.740. The Bertz CT molecular complexity index is 270. The van der Waals surface area contributed by atoms with Gasteiger partial charge in [-0.1, -0.05) is 0 Å². The van der Waals surface area contributed by atoms with E-state index in [1.165, 1.54) is 0 Å². The number of rotatable bonds is 4. The van der Waals surface area contributed by atoms with Crippen molar-refractivity contribution in [3.05, 3.63) is 16.1 Å². The van der Waals surface area contributed by atoms with Crippen LogP contribution in [0.3, 0.4) is 0 Å². The molecule has 0 spiro atoms. The Morgan fingerprint density at radius 3 is 3.00 bits per heavy atom. The molecule has 0 aromatic carbocycles. The molecule has 0 aliphatic heterocycles. The van der Waals surface area contributed by atoms with E-state index >= 15 is 0 Å². The van der Waals surface area contributed by atoms with Gasteiger partial charge in [0.2, 0.25) is 0 Å². The summed E-state index contributed by atoms with van der Waals surface area (Å²) in [7, 11) is 0. The summed E-state index contributed by atoms with van der Waals surface area (Å²) >= 11 is 1.60. The highest BCUT2D eigenvalue weighted by Gasteiger charge is 2.02. The maximum Gasteiger partial charge on any atom is 0.146 e. The van der Waals surface area contributed by atoms with Crippen molar-refractivity contribution in [2.24, 2.45) is 5.73 Å². The number of hydrogen-bond donors (Lipinski definition) is 1. The van der Waals surface area contributed by atoms with Gasteiger partial charge in [0.15, 0.2) is 0 Å². The van der Waals surface area contributed by atoms with E-state index in [4.69, 9.17) is 5.73 Å². The van der Waals surface area contributed by atoms with Crippen LogP contribution in [0, 0.1) is 6.92 Å². The summed E-state index contributed by atoms with van der Waals surface area (Å²) in [5, 5.41) is 3.01. The number of Topliss-reactive ketones (excluding diaryl/α,β-unsaturated/α-hetero) is 1. The van der Waals surface area contributed by atoms with Gasteiger partial charge in [0, 0.05) is 23.9 Å². The molecule has 1 aromatic heterocycles. The lowest BCUT2D eigenvalue weighted by atomic mass is 10.2. The third-order valence-corrected chi connectivity index (χ3v) is 2.54. The third-order valence-electron chi connectivity index (χ3n) is 1.51. The van der Waals surface area contributed by atoms with Gasteiger partial charge < -0.3 is 5.73 Å². The van der Waals surface area contributed by atoms with E-state index in [1.54, 1.807) is 11.3 Å². The second-order valence-electron chi connectivity index (χ2n) is 2.63. The van der Waals surface area contributed by atoms with Gasteiger partial charge >= 0.3 is 0 Å². The average Bonchev–Trinajstić information content (AvgIpc) is 2.47. The first-order valence-electron chi connectivity index (χ1n) is 3.85. The molecule has 1 rings (SSSR count). The number of ketones is 1. The van der Waals surface area contributed by atoms with Crippen molar-refractivity contribution in [1.82, 2.24) is 4.98 Å². The fourth-order valence-electron chi connectivity index (χ4n) is 0.866. The zero-order chi connectivity index (χ0) is 8.97. The lowest BCUT2D eigenvalue weighted by Gasteiger charge is -1.93. The lowest BCUT2D eigenvalue weighted by molar-refractivity contribution is -0.117. The zero-order valence-corrected chi connectivity index (χ0v) is 7.86. The van der Waals surface area contributed by atoms with E-state index < -0.39 is 0 Å². The first-order chi connectivity index (χ1) is 5.72. The van der Waals surface area contributed by atoms with Crippen LogP contribution in [0.25, 0.3) is 0 Å². The van der Waals surface area contributed by atoms with E-state index in [9.17, 15) is 4.79 Å². The maximum atomic E-state index is 10.8. The van der Waals surface area contributed by atoms with Crippen LogP contribution in [0.15, 0.2) is 5.38 Å². The Balaban J connectivity index is 2.38. The Labute approximate surface area is 75.6 Å². The Morgan fingerprint density at radius 2 is 2.50 bits per heavy atom. The van der Waals surface area contributed by atoms with Crippen LogP contribution in [-0.2, 0) is 11.2 Å². The van der Waals surface area contributed by atoms with Crippen LogP contribution >= 0.6 is 11.3 Å². The van der Waals surface area contributed by atoms with Crippen LogP contribution in [0.5, 0.6) is 0 Å². The van der Waals surface area contributed by atoms with E-state index in [0.29, 0.717) is 6.42 Å². The normalized spacial score (nSPS) is 10.2. The number of carbonyl (C=O) groups is 1. The van der Waals surface area contributed by atoms with E-state index in [2.05, 4.69) is 4.98 Å². The fourth-order valence-corrected chi connectivity index (χ4v) is 1.64. The molecule has 1 heterocycles. The van der Waals surface area contributed by atoms with Crippen LogP contribution in [0.1, 0.15) is 17.1 Å². The quantitative estimate of drug-likeness (QED) is 0.756. The minimum atomic E-state index is 0.0999. The molecule has 2 N–H and O–H groups in total. The molecule has 4 heteroatoms. The second kappa shape index (κ2) is 4.33. The summed E-state index contributed by atoms with van der Waals surface area (Å²) < 4.78 is 0. The lowest BCUT2D eigenvalue weighted by Crippen LogP contribution is -2.13. The fraction of sp³-hybridized carbons (Fsp3) is 0.500. The zero-order valence-electron chi connectivity index (χ0n) is 7.04. The summed E-state index contributed by atoms with van der Waals surface area (Å²) in [6.45, 7) is 2.09. The van der Waals surface area contributed by atoms with Gasteiger partial charge in [0.25, 0.3) is 0 Å². The Kier molecular flexibility index (Phi) is 3.37. The molecular weight excluding hydrogens is 172 g/mol. The molecule has 3 nitrogen and oxygen atoms in total. The maximum absolute atomic E-state index is 10.8. The molecule has 12 heavy (non-hydrogen) atoms. The predicted octanol–water partition coefficient (Wildman–Crippen LogP) is 0.912. The highest BCUT2D eigenvalue weighted by molar-refractivity contribution is 7.09. The molecule has 0 amide bonds. The predicted molar refractivity (Wildman–Crippen MR) is 49.2 cm³/mol. The minimum absolute atomic E-state index is 0.0999. The van der Waals surface area contributed by atoms with Crippen molar-refractivity contribution in [3.8, 4) is 0 Å². The molecule has 66 valence electrons. The highest BCUT2D eigenvalue weighted by atomic mass is 32.1. The molecule has 1 aromatic rings. The SMILES string of the molecule is Cc1csc(CCC(=O)CN)n1. The van der Waals surface area contributed by atoms with E-state index in [-0.39, 0.29) is 12.3 Å². The van der Waals surface area contributed by atoms with E-state index in [0.717, 1.165) is 17.1 Å². The third kappa shape index (κ3) is 2.71. The molecule has 0 radical (unpaired) electrons. The molecule has 0 unspecified atom stereocenters. The molecule has 0 aliphatic carbocycles. The highest BCUT2D eigenvalue weighted by Crippen LogP contribution is 2.10. The van der Waals surface area contributed by atoms with Gasteiger partial charge in [-0.3, -0.25) is 4.79 Å². The molecule has 0 atom stereocenters. The van der Waals surface area contributed by atoms with Crippen molar-refractivity contribution < 1.29 is 4.79 Å². The summed E-state index contributed by atoms with van der Waals surface area (Å²) in [6.07, 6.45) is 1.25. The van der Waals surface area contributed by atoms with Crippen molar-refractivity contribution in [2.45, 2.75) is 19.8 Å². The number of carbonyl (C=O) groups excluding carboxylic acids is 1. The van der Waals surface area contributed by atoms with Crippen molar-refractivity contribution in [3.63, 3.8) is 0 Å². The minimum Gasteiger partial charge on any atom is -0.324 e. The van der Waals surface area contributed by atoms with Gasteiger partial charge in [-0.15, -0.1) is 11.3 Å². The average molecular weight is 184 g/mol. The smallest absolute Gasteiger partial charge is 0.146 e. The van der Waals surface area contributed by atoms with Crippen LogP contribution in [0.4, 0.5) is 0 Å². The summed E-state index contributed by atoms with van der Waals surface area (Å²) in [5.41, 5.74) is 6.20. The van der Waals surface area contributed by atoms with Gasteiger partial charge in [-0.2, -0.15) is 0 Å². The topological polar surface area (TPSA) is 56.0 Å². The van der Waals surface area contributed by atoms with Crippen LogP contribution < -0.4 is 5.73 Å². The second-order valence-corrected chi connectivity index (χ2v) is 3.57. The molecular formula is C8H12N2OS. The van der Waals surface area contributed by atoms with E-state index in [1.807, 2.05) is 12.3 Å². The number of nitrogens with zero attached hydrogens (tertiary/aromatic N) is 1. The summed E-state index contributed by atoms with van der Waals surface area (Å²) in [6, 6.07) is 0. The first-order valence-corrected chi connectivity index (χ1v) is 4.73. The number of thiazole rings is 1. The van der Waals surface area contributed by atoms with Gasteiger partial charge in [0.1, 0.15) is 5.78 Å². The molecule has 0 aliphatic rings. The van der Waals surface area contributed by atoms with Gasteiger partial charge in [-0.05, 0) is 6.92 Å². The summed E-state index contributed by atoms with van der Waals surface area (Å²) in [5.74, 6) is 0.0999. The summed E-state index contributed by atoms with van der Waals surface area (Å²) in [4.78, 5) is 15.1. The molecule has 0 fully saturated rings. The monoisotopic (exact) mass is 184 g/mol. The number of aromatic nitrogens is 1. The number of nitrogens with two attached hydrogens (primary N) is 1.